The second-order valence-electron chi connectivity index (χ2n) is 5.40. The van der Waals surface area contributed by atoms with Crippen molar-refractivity contribution in [1.82, 2.24) is 15.5 Å². The van der Waals surface area contributed by atoms with Crippen LogP contribution in [-0.2, 0) is 4.79 Å². The Labute approximate surface area is 154 Å². The third kappa shape index (κ3) is 4.93. The molecule has 3 rings (SSSR count). The van der Waals surface area contributed by atoms with Crippen molar-refractivity contribution in [1.29, 1.82) is 0 Å². The SMILES string of the molecule is Cc1ccc(NC(=O)NC(=O)CSc2nnc(-c3ccccc3)o2)cc1. The van der Waals surface area contributed by atoms with Crippen LogP contribution in [0.4, 0.5) is 10.5 Å². The van der Waals surface area contributed by atoms with E-state index in [1.807, 2.05) is 49.4 Å². The number of thioether (sulfide) groups is 1. The lowest BCUT2D eigenvalue weighted by atomic mass is 10.2. The number of benzene rings is 2. The van der Waals surface area contributed by atoms with Crippen LogP contribution in [-0.4, -0.2) is 27.9 Å². The molecule has 0 saturated carbocycles. The maximum Gasteiger partial charge on any atom is 0.325 e. The minimum atomic E-state index is -0.588. The number of aryl methyl sites for hydroxylation is 1. The molecule has 0 aliphatic heterocycles. The van der Waals surface area contributed by atoms with Crippen LogP contribution >= 0.6 is 11.8 Å². The summed E-state index contributed by atoms with van der Waals surface area (Å²) >= 11 is 1.06. The summed E-state index contributed by atoms with van der Waals surface area (Å²) < 4.78 is 5.49. The molecule has 2 aromatic carbocycles. The molecule has 3 amide bonds. The average molecular weight is 368 g/mol. The van der Waals surface area contributed by atoms with Gasteiger partial charge in [-0.1, -0.05) is 47.7 Å². The number of nitrogens with zero attached hydrogens (tertiary/aromatic N) is 2. The number of rotatable bonds is 5. The van der Waals surface area contributed by atoms with Gasteiger partial charge in [0.05, 0.1) is 5.75 Å². The zero-order chi connectivity index (χ0) is 18.4. The summed E-state index contributed by atoms with van der Waals surface area (Å²) in [6.07, 6.45) is 0. The number of hydrogen-bond donors (Lipinski definition) is 2. The molecule has 1 heterocycles. The second-order valence-corrected chi connectivity index (χ2v) is 6.32. The highest BCUT2D eigenvalue weighted by Crippen LogP contribution is 2.22. The molecule has 0 saturated heterocycles. The van der Waals surface area contributed by atoms with Gasteiger partial charge in [-0.05, 0) is 31.2 Å². The van der Waals surface area contributed by atoms with E-state index in [0.29, 0.717) is 11.6 Å². The standard InChI is InChI=1S/C18H16N4O3S/c1-12-7-9-14(10-8-12)19-17(24)20-15(23)11-26-18-22-21-16(25-18)13-5-3-2-4-6-13/h2-10H,11H2,1H3,(H2,19,20,23,24). The van der Waals surface area contributed by atoms with Crippen LogP contribution in [0.1, 0.15) is 5.56 Å². The molecular formula is C18H16N4O3S. The number of aromatic nitrogens is 2. The fraction of sp³-hybridized carbons (Fsp3) is 0.111. The van der Waals surface area contributed by atoms with E-state index < -0.39 is 11.9 Å². The van der Waals surface area contributed by atoms with Crippen LogP contribution in [0.5, 0.6) is 0 Å². The lowest BCUT2D eigenvalue weighted by molar-refractivity contribution is -0.117. The number of anilines is 1. The van der Waals surface area contributed by atoms with Crippen molar-refractivity contribution in [2.75, 3.05) is 11.1 Å². The number of carbonyl (C=O) groups is 2. The van der Waals surface area contributed by atoms with Gasteiger partial charge in [-0.2, -0.15) is 0 Å². The van der Waals surface area contributed by atoms with E-state index in [9.17, 15) is 9.59 Å². The van der Waals surface area contributed by atoms with Gasteiger partial charge in [0.15, 0.2) is 0 Å². The number of urea groups is 1. The van der Waals surface area contributed by atoms with Crippen LogP contribution in [0.3, 0.4) is 0 Å². The van der Waals surface area contributed by atoms with Crippen LogP contribution < -0.4 is 10.6 Å². The van der Waals surface area contributed by atoms with Crippen molar-refractivity contribution >= 4 is 29.4 Å². The number of imide groups is 1. The zero-order valence-electron chi connectivity index (χ0n) is 13.9. The quantitative estimate of drug-likeness (QED) is 0.669. The maximum absolute atomic E-state index is 11.9. The number of nitrogens with one attached hydrogen (secondary N) is 2. The molecule has 26 heavy (non-hydrogen) atoms. The first-order chi connectivity index (χ1) is 12.6. The molecule has 0 radical (unpaired) electrons. The van der Waals surface area contributed by atoms with Gasteiger partial charge in [-0.15, -0.1) is 10.2 Å². The topological polar surface area (TPSA) is 97.1 Å². The molecule has 132 valence electrons. The molecule has 8 heteroatoms. The van der Waals surface area contributed by atoms with Crippen molar-refractivity contribution < 1.29 is 14.0 Å². The van der Waals surface area contributed by atoms with Crippen molar-refractivity contribution in [3.8, 4) is 11.5 Å². The maximum atomic E-state index is 11.9. The molecule has 3 aromatic rings. The van der Waals surface area contributed by atoms with Crippen LogP contribution in [0.15, 0.2) is 64.2 Å². The largest absolute Gasteiger partial charge is 0.411 e. The Hall–Kier alpha value is -3.13. The first kappa shape index (κ1) is 17.7. The lowest BCUT2D eigenvalue weighted by Gasteiger charge is -2.06. The molecule has 0 fully saturated rings. The summed E-state index contributed by atoms with van der Waals surface area (Å²) in [5.41, 5.74) is 2.49. The highest BCUT2D eigenvalue weighted by Gasteiger charge is 2.13. The monoisotopic (exact) mass is 368 g/mol. The van der Waals surface area contributed by atoms with Gasteiger partial charge in [-0.25, -0.2) is 4.79 Å². The third-order valence-electron chi connectivity index (χ3n) is 3.32. The zero-order valence-corrected chi connectivity index (χ0v) is 14.7. The molecule has 7 nitrogen and oxygen atoms in total. The van der Waals surface area contributed by atoms with Gasteiger partial charge in [0.25, 0.3) is 5.22 Å². The normalized spacial score (nSPS) is 10.3. The van der Waals surface area contributed by atoms with Crippen LogP contribution in [0.25, 0.3) is 11.5 Å². The highest BCUT2D eigenvalue weighted by molar-refractivity contribution is 7.99. The Balaban J connectivity index is 1.47. The lowest BCUT2D eigenvalue weighted by Crippen LogP contribution is -2.35. The minimum absolute atomic E-state index is 0.0161. The molecule has 0 unspecified atom stereocenters. The first-order valence-corrected chi connectivity index (χ1v) is 8.78. The minimum Gasteiger partial charge on any atom is -0.411 e. The average Bonchev–Trinajstić information content (AvgIpc) is 3.12. The second kappa shape index (κ2) is 8.30. The summed E-state index contributed by atoms with van der Waals surface area (Å²) in [5.74, 6) is -0.0951. The van der Waals surface area contributed by atoms with E-state index in [1.54, 1.807) is 12.1 Å². The van der Waals surface area contributed by atoms with Gasteiger partial charge in [0.2, 0.25) is 11.8 Å². The molecule has 0 aliphatic carbocycles. The van der Waals surface area contributed by atoms with E-state index in [2.05, 4.69) is 20.8 Å². The summed E-state index contributed by atoms with van der Waals surface area (Å²) in [4.78, 5) is 23.7. The van der Waals surface area contributed by atoms with Gasteiger partial charge in [-0.3, -0.25) is 10.1 Å². The van der Waals surface area contributed by atoms with E-state index in [1.165, 1.54) is 0 Å². The van der Waals surface area contributed by atoms with E-state index in [4.69, 9.17) is 4.42 Å². The summed E-state index contributed by atoms with van der Waals surface area (Å²) in [5, 5.41) is 12.9. The Kier molecular flexibility index (Phi) is 5.65. The molecule has 1 aromatic heterocycles. The van der Waals surface area contributed by atoms with Gasteiger partial charge in [0.1, 0.15) is 0 Å². The van der Waals surface area contributed by atoms with Crippen LogP contribution in [0.2, 0.25) is 0 Å². The molecule has 0 bridgehead atoms. The van der Waals surface area contributed by atoms with Crippen molar-refractivity contribution in [3.63, 3.8) is 0 Å². The number of amides is 3. The fourth-order valence-electron chi connectivity index (χ4n) is 2.05. The Bertz CT molecular complexity index is 894. The van der Waals surface area contributed by atoms with Gasteiger partial charge >= 0.3 is 6.03 Å². The van der Waals surface area contributed by atoms with Crippen molar-refractivity contribution in [3.05, 3.63) is 60.2 Å². The molecule has 0 aliphatic rings. The Morgan fingerprint density at radius 2 is 1.77 bits per heavy atom. The van der Waals surface area contributed by atoms with E-state index in [-0.39, 0.29) is 11.0 Å². The van der Waals surface area contributed by atoms with Crippen LogP contribution in [0, 0.1) is 6.92 Å². The van der Waals surface area contributed by atoms with Gasteiger partial charge in [0, 0.05) is 11.3 Å². The molecular weight excluding hydrogens is 352 g/mol. The third-order valence-corrected chi connectivity index (χ3v) is 4.13. The van der Waals surface area contributed by atoms with Crippen molar-refractivity contribution in [2.45, 2.75) is 12.1 Å². The summed E-state index contributed by atoms with van der Waals surface area (Å²) in [6.45, 7) is 1.95. The number of hydrogen-bond acceptors (Lipinski definition) is 6. The van der Waals surface area contributed by atoms with E-state index in [0.717, 1.165) is 22.9 Å². The first-order valence-electron chi connectivity index (χ1n) is 7.79. The molecule has 0 atom stereocenters. The van der Waals surface area contributed by atoms with Crippen molar-refractivity contribution in [2.24, 2.45) is 0 Å². The van der Waals surface area contributed by atoms with Gasteiger partial charge < -0.3 is 9.73 Å². The predicted molar refractivity (Wildman–Crippen MR) is 98.8 cm³/mol. The number of carbonyl (C=O) groups excluding carboxylic acids is 2. The predicted octanol–water partition coefficient (Wildman–Crippen LogP) is 3.49. The molecule has 0 spiro atoms. The Morgan fingerprint density at radius 1 is 1.04 bits per heavy atom. The summed E-state index contributed by atoms with van der Waals surface area (Å²) in [7, 11) is 0. The molecule has 2 N–H and O–H groups in total. The highest BCUT2D eigenvalue weighted by atomic mass is 32.2. The van der Waals surface area contributed by atoms with E-state index >= 15 is 0 Å². The summed E-state index contributed by atoms with van der Waals surface area (Å²) in [6, 6.07) is 16.0. The fourth-order valence-corrected chi connectivity index (χ4v) is 2.62. The Morgan fingerprint density at radius 3 is 2.50 bits per heavy atom. The smallest absolute Gasteiger partial charge is 0.325 e.